The van der Waals surface area contributed by atoms with Crippen molar-refractivity contribution in [2.45, 2.75) is 25.8 Å². The molecule has 1 unspecified atom stereocenters. The summed E-state index contributed by atoms with van der Waals surface area (Å²) in [5.41, 5.74) is 1.87. The van der Waals surface area contributed by atoms with Crippen LogP contribution in [0.25, 0.3) is 0 Å². The maximum atomic E-state index is 15.0. The van der Waals surface area contributed by atoms with E-state index < -0.39 is 11.8 Å². The highest BCUT2D eigenvalue weighted by molar-refractivity contribution is 5.78. The summed E-state index contributed by atoms with van der Waals surface area (Å²) >= 11 is 0. The lowest BCUT2D eigenvalue weighted by molar-refractivity contribution is -0.169. The largest absolute Gasteiger partial charge is 0.466 e. The van der Waals surface area contributed by atoms with Crippen LogP contribution in [0.5, 0.6) is 0 Å². The number of methoxy groups -OCH3 is 1. The molecule has 0 radical (unpaired) electrons. The Morgan fingerprint density at radius 1 is 1.00 bits per heavy atom. The van der Waals surface area contributed by atoms with Crippen LogP contribution in [-0.2, 0) is 22.6 Å². The number of hydrogen-bond acceptors (Lipinski definition) is 3. The van der Waals surface area contributed by atoms with Crippen molar-refractivity contribution in [2.75, 3.05) is 7.11 Å². The molecule has 0 aliphatic heterocycles. The van der Waals surface area contributed by atoms with Crippen LogP contribution >= 0.6 is 0 Å². The molecule has 0 amide bonds. The number of ether oxygens (including phenoxy) is 1. The van der Waals surface area contributed by atoms with Crippen LogP contribution in [0, 0.1) is 0 Å². The summed E-state index contributed by atoms with van der Waals surface area (Å²) in [6, 6.07) is 19.0. The normalized spacial score (nSPS) is 13.6. The van der Waals surface area contributed by atoms with Crippen molar-refractivity contribution in [1.82, 2.24) is 4.90 Å². The highest BCUT2D eigenvalue weighted by Crippen LogP contribution is 2.24. The van der Waals surface area contributed by atoms with Crippen LogP contribution in [0.1, 0.15) is 18.1 Å². The van der Waals surface area contributed by atoms with Gasteiger partial charge in [0.05, 0.1) is 7.11 Å². The van der Waals surface area contributed by atoms with E-state index in [2.05, 4.69) is 4.74 Å². The summed E-state index contributed by atoms with van der Waals surface area (Å²) in [4.78, 5) is 13.3. The van der Waals surface area contributed by atoms with Crippen molar-refractivity contribution in [1.29, 1.82) is 0 Å². The minimum Gasteiger partial charge on any atom is -0.466 e. The van der Waals surface area contributed by atoms with Gasteiger partial charge in [0.1, 0.15) is 0 Å². The fourth-order valence-electron chi connectivity index (χ4n) is 2.28. The van der Waals surface area contributed by atoms with E-state index in [0.29, 0.717) is 13.1 Å². The van der Waals surface area contributed by atoms with Crippen molar-refractivity contribution < 1.29 is 13.9 Å². The average Bonchev–Trinajstić information content (AvgIpc) is 2.55. The second kappa shape index (κ2) is 7.18. The molecule has 2 rings (SSSR count). The first-order chi connectivity index (χ1) is 10.5. The van der Waals surface area contributed by atoms with Crippen LogP contribution < -0.4 is 0 Å². The van der Waals surface area contributed by atoms with Gasteiger partial charge in [-0.3, -0.25) is 4.90 Å². The van der Waals surface area contributed by atoms with E-state index in [1.54, 1.807) is 0 Å². The van der Waals surface area contributed by atoms with Gasteiger partial charge in [0.15, 0.2) is 0 Å². The Bertz CT molecular complexity index is 557. The van der Waals surface area contributed by atoms with Crippen LogP contribution in [0.15, 0.2) is 60.7 Å². The van der Waals surface area contributed by atoms with E-state index in [-0.39, 0.29) is 0 Å². The summed E-state index contributed by atoms with van der Waals surface area (Å²) in [7, 11) is 1.20. The topological polar surface area (TPSA) is 29.5 Å². The molecule has 1 atom stereocenters. The molecule has 4 heteroatoms. The number of benzene rings is 2. The van der Waals surface area contributed by atoms with E-state index in [1.165, 1.54) is 18.9 Å². The van der Waals surface area contributed by atoms with E-state index >= 15 is 0 Å². The predicted molar refractivity (Wildman–Crippen MR) is 83.7 cm³/mol. The zero-order valence-corrected chi connectivity index (χ0v) is 12.8. The molecule has 0 aromatic heterocycles. The summed E-state index contributed by atoms with van der Waals surface area (Å²) in [5.74, 6) is -3.08. The summed E-state index contributed by atoms with van der Waals surface area (Å²) in [5, 5.41) is 0. The molecule has 3 nitrogen and oxygen atoms in total. The Morgan fingerprint density at radius 2 is 1.41 bits per heavy atom. The smallest absolute Gasteiger partial charge is 0.358 e. The first-order valence-corrected chi connectivity index (χ1v) is 7.14. The van der Waals surface area contributed by atoms with Crippen LogP contribution in [0.2, 0.25) is 0 Å². The molecule has 0 spiro atoms. The fraction of sp³-hybridized carbons (Fsp3) is 0.278. The zero-order chi connectivity index (χ0) is 16.0. The molecule has 0 fully saturated rings. The number of carbonyl (C=O) groups is 1. The first-order valence-electron chi connectivity index (χ1n) is 7.14. The Kier molecular flexibility index (Phi) is 5.28. The number of halogens is 1. The third-order valence-corrected chi connectivity index (χ3v) is 3.58. The molecule has 22 heavy (non-hydrogen) atoms. The molecule has 0 bridgehead atoms. The number of carbonyl (C=O) groups excluding carboxylic acids is 1. The number of alkyl halides is 1. The fourth-order valence-corrected chi connectivity index (χ4v) is 2.28. The third-order valence-electron chi connectivity index (χ3n) is 3.58. The monoisotopic (exact) mass is 301 g/mol. The second-order valence-electron chi connectivity index (χ2n) is 5.27. The maximum absolute atomic E-state index is 15.0. The molecular weight excluding hydrogens is 281 g/mol. The molecule has 0 heterocycles. The van der Waals surface area contributed by atoms with Gasteiger partial charge in [-0.15, -0.1) is 0 Å². The Morgan fingerprint density at radius 3 is 1.77 bits per heavy atom. The highest BCUT2D eigenvalue weighted by atomic mass is 19.1. The average molecular weight is 301 g/mol. The van der Waals surface area contributed by atoms with Crippen molar-refractivity contribution in [3.8, 4) is 0 Å². The van der Waals surface area contributed by atoms with Gasteiger partial charge in [-0.2, -0.15) is 0 Å². The van der Waals surface area contributed by atoms with Crippen LogP contribution in [0.4, 0.5) is 4.39 Å². The van der Waals surface area contributed by atoms with Gasteiger partial charge in [-0.25, -0.2) is 9.18 Å². The third kappa shape index (κ3) is 3.92. The number of nitrogens with zero attached hydrogens (tertiary/aromatic N) is 1. The van der Waals surface area contributed by atoms with Crippen LogP contribution in [0.3, 0.4) is 0 Å². The number of esters is 1. The van der Waals surface area contributed by atoms with Gasteiger partial charge in [0.25, 0.3) is 5.79 Å². The van der Waals surface area contributed by atoms with E-state index in [9.17, 15) is 9.18 Å². The van der Waals surface area contributed by atoms with E-state index in [4.69, 9.17) is 0 Å². The molecule has 0 saturated heterocycles. The van der Waals surface area contributed by atoms with Gasteiger partial charge in [-0.05, 0) is 18.1 Å². The molecule has 2 aromatic rings. The predicted octanol–water partition coefficient (Wildman–Crippen LogP) is 3.55. The summed E-state index contributed by atoms with van der Waals surface area (Å²) in [6.07, 6.45) is 0. The Labute approximate surface area is 130 Å². The molecule has 0 saturated carbocycles. The number of rotatable bonds is 6. The van der Waals surface area contributed by atoms with Gasteiger partial charge >= 0.3 is 5.97 Å². The SMILES string of the molecule is COC(=O)C(C)(F)N(Cc1ccccc1)Cc1ccccc1. The molecule has 2 aromatic carbocycles. The lowest BCUT2D eigenvalue weighted by Gasteiger charge is -2.32. The maximum Gasteiger partial charge on any atom is 0.358 e. The molecule has 0 aliphatic rings. The molecule has 0 N–H and O–H groups in total. The zero-order valence-electron chi connectivity index (χ0n) is 12.8. The standard InChI is InChI=1S/C18H20FNO2/c1-18(19,17(21)22-2)20(13-15-9-5-3-6-10-15)14-16-11-7-4-8-12-16/h3-12H,13-14H2,1-2H3. The van der Waals surface area contributed by atoms with Gasteiger partial charge in [-0.1, -0.05) is 60.7 Å². The van der Waals surface area contributed by atoms with Gasteiger partial charge in [0.2, 0.25) is 0 Å². The van der Waals surface area contributed by atoms with Crippen molar-refractivity contribution in [3.05, 3.63) is 71.8 Å². The highest BCUT2D eigenvalue weighted by Gasteiger charge is 2.41. The van der Waals surface area contributed by atoms with Crippen LogP contribution in [-0.4, -0.2) is 23.8 Å². The van der Waals surface area contributed by atoms with E-state index in [1.807, 2.05) is 60.7 Å². The minimum absolute atomic E-state index is 0.317. The van der Waals surface area contributed by atoms with Gasteiger partial charge in [0, 0.05) is 13.1 Å². The lowest BCUT2D eigenvalue weighted by Crippen LogP contribution is -2.48. The molecular formula is C18H20FNO2. The quantitative estimate of drug-likeness (QED) is 0.603. The molecule has 0 aliphatic carbocycles. The Hall–Kier alpha value is -2.20. The minimum atomic E-state index is -2.19. The van der Waals surface area contributed by atoms with Gasteiger partial charge < -0.3 is 4.74 Å². The van der Waals surface area contributed by atoms with E-state index in [0.717, 1.165) is 11.1 Å². The Balaban J connectivity index is 2.26. The lowest BCUT2D eigenvalue weighted by atomic mass is 10.1. The first kappa shape index (κ1) is 16.2. The van der Waals surface area contributed by atoms with Crippen molar-refractivity contribution >= 4 is 5.97 Å². The number of hydrogen-bond donors (Lipinski definition) is 0. The summed E-state index contributed by atoms with van der Waals surface area (Å²) in [6.45, 7) is 1.88. The molecule has 116 valence electrons. The summed E-state index contributed by atoms with van der Waals surface area (Å²) < 4.78 is 19.6. The second-order valence-corrected chi connectivity index (χ2v) is 5.27. The van der Waals surface area contributed by atoms with Crippen molar-refractivity contribution in [3.63, 3.8) is 0 Å². The van der Waals surface area contributed by atoms with Crippen molar-refractivity contribution in [2.24, 2.45) is 0 Å².